The number of benzene rings is 1. The molecule has 0 spiro atoms. The average molecular weight is 295 g/mol. The second kappa shape index (κ2) is 8.57. The number of aryl methyl sites for hydroxylation is 1. The van der Waals surface area contributed by atoms with Gasteiger partial charge in [0.1, 0.15) is 6.61 Å². The quantitative estimate of drug-likeness (QED) is 0.726. The number of rotatable bonds is 7. The van der Waals surface area contributed by atoms with Crippen LogP contribution in [0.1, 0.15) is 17.5 Å². The Morgan fingerprint density at radius 2 is 2.10 bits per heavy atom. The third kappa shape index (κ3) is 5.60. The van der Waals surface area contributed by atoms with Crippen LogP contribution >= 0.6 is 11.6 Å². The zero-order chi connectivity index (χ0) is 15.0. The molecule has 1 unspecified atom stereocenters. The first-order chi connectivity index (χ1) is 9.56. The minimum absolute atomic E-state index is 0.0159. The molecule has 5 heteroatoms. The van der Waals surface area contributed by atoms with Gasteiger partial charge in [-0.05, 0) is 12.5 Å². The Balaban J connectivity index is 2.74. The van der Waals surface area contributed by atoms with Crippen molar-refractivity contribution in [3.63, 3.8) is 0 Å². The van der Waals surface area contributed by atoms with Gasteiger partial charge in [0.15, 0.2) is 0 Å². The molecule has 0 heterocycles. The van der Waals surface area contributed by atoms with E-state index in [1.807, 2.05) is 37.3 Å². The smallest absolute Gasteiger partial charge is 0.248 e. The van der Waals surface area contributed by atoms with E-state index >= 15 is 0 Å². The van der Waals surface area contributed by atoms with Crippen LogP contribution in [0.25, 0.3) is 0 Å². The first kappa shape index (κ1) is 16.5. The molecule has 0 bridgehead atoms. The Morgan fingerprint density at radius 3 is 2.65 bits per heavy atom. The van der Waals surface area contributed by atoms with Crippen LogP contribution in [-0.2, 0) is 16.1 Å². The highest BCUT2D eigenvalue weighted by Gasteiger charge is 2.17. The van der Waals surface area contributed by atoms with Gasteiger partial charge in [0.25, 0.3) is 0 Å². The summed E-state index contributed by atoms with van der Waals surface area (Å²) in [7, 11) is 1.48. The normalized spacial score (nSPS) is 11.7. The summed E-state index contributed by atoms with van der Waals surface area (Å²) in [5.41, 5.74) is 2.20. The fourth-order valence-electron chi connectivity index (χ4n) is 1.79. The molecule has 0 aliphatic rings. The highest BCUT2D eigenvalue weighted by atomic mass is 35.5. The van der Waals surface area contributed by atoms with Crippen molar-refractivity contribution in [2.45, 2.75) is 25.3 Å². The fraction of sp³-hybridized carbons (Fsp3) is 0.467. The van der Waals surface area contributed by atoms with Crippen molar-refractivity contribution in [2.24, 2.45) is 0 Å². The van der Waals surface area contributed by atoms with Crippen LogP contribution < -0.4 is 0 Å². The molecule has 0 radical (unpaired) electrons. The molecule has 1 amide bonds. The number of carbonyl (C=O) groups is 1. The Morgan fingerprint density at radius 1 is 1.45 bits per heavy atom. The first-order valence-electron chi connectivity index (χ1n) is 6.40. The molecule has 0 aliphatic heterocycles. The number of ether oxygens (including phenoxy) is 1. The standard InChI is InChI=1S/C15H19ClN2O2/c1-12-3-5-13(6-4-12)9-18(15(19)11-20-2)10-14(16)7-8-17/h3-6,14H,7,9-11H2,1-2H3. The zero-order valence-corrected chi connectivity index (χ0v) is 12.6. The number of nitrogens with zero attached hydrogens (tertiary/aromatic N) is 2. The predicted octanol–water partition coefficient (Wildman–Crippen LogP) is 2.49. The van der Waals surface area contributed by atoms with Crippen LogP contribution in [0, 0.1) is 18.3 Å². The zero-order valence-electron chi connectivity index (χ0n) is 11.8. The number of hydrogen-bond acceptors (Lipinski definition) is 3. The number of amides is 1. The van der Waals surface area contributed by atoms with E-state index in [1.54, 1.807) is 4.90 Å². The van der Waals surface area contributed by atoms with Gasteiger partial charge in [0.2, 0.25) is 5.91 Å². The molecule has 0 saturated carbocycles. The van der Waals surface area contributed by atoms with Gasteiger partial charge in [-0.2, -0.15) is 5.26 Å². The second-order valence-electron chi connectivity index (χ2n) is 4.65. The van der Waals surface area contributed by atoms with E-state index in [0.717, 1.165) is 5.56 Å². The summed E-state index contributed by atoms with van der Waals surface area (Å²) >= 11 is 6.05. The lowest BCUT2D eigenvalue weighted by molar-refractivity contribution is -0.135. The molecule has 20 heavy (non-hydrogen) atoms. The Hall–Kier alpha value is -1.57. The molecule has 4 nitrogen and oxygen atoms in total. The van der Waals surface area contributed by atoms with E-state index in [4.69, 9.17) is 21.6 Å². The number of methoxy groups -OCH3 is 1. The summed E-state index contributed by atoms with van der Waals surface area (Å²) in [6, 6.07) is 9.98. The predicted molar refractivity (Wildman–Crippen MR) is 78.3 cm³/mol. The number of halogens is 1. The van der Waals surface area contributed by atoms with Gasteiger partial charge in [-0.15, -0.1) is 11.6 Å². The van der Waals surface area contributed by atoms with E-state index in [0.29, 0.717) is 13.1 Å². The van der Waals surface area contributed by atoms with Gasteiger partial charge in [0, 0.05) is 20.2 Å². The molecule has 1 atom stereocenters. The molecular formula is C15H19ClN2O2. The molecule has 0 aromatic heterocycles. The van der Waals surface area contributed by atoms with Crippen molar-refractivity contribution in [3.8, 4) is 6.07 Å². The summed E-state index contributed by atoms with van der Waals surface area (Å²) in [5.74, 6) is -0.128. The van der Waals surface area contributed by atoms with E-state index in [2.05, 4.69) is 0 Å². The van der Waals surface area contributed by atoms with Gasteiger partial charge in [-0.3, -0.25) is 4.79 Å². The van der Waals surface area contributed by atoms with Crippen LogP contribution in [0.4, 0.5) is 0 Å². The minimum atomic E-state index is -0.369. The maximum Gasteiger partial charge on any atom is 0.248 e. The Labute approximate surface area is 124 Å². The van der Waals surface area contributed by atoms with E-state index in [-0.39, 0.29) is 24.3 Å². The minimum Gasteiger partial charge on any atom is -0.375 e. The van der Waals surface area contributed by atoms with Crippen LogP contribution in [0.15, 0.2) is 24.3 Å². The van der Waals surface area contributed by atoms with Crippen molar-refractivity contribution >= 4 is 17.5 Å². The molecule has 108 valence electrons. The third-order valence-electron chi connectivity index (χ3n) is 2.85. The van der Waals surface area contributed by atoms with Gasteiger partial charge in [-0.25, -0.2) is 0 Å². The molecule has 0 fully saturated rings. The molecule has 0 saturated heterocycles. The molecule has 1 aromatic rings. The number of nitriles is 1. The summed E-state index contributed by atoms with van der Waals surface area (Å²) in [4.78, 5) is 13.6. The van der Waals surface area contributed by atoms with Crippen molar-refractivity contribution in [2.75, 3.05) is 20.3 Å². The maximum absolute atomic E-state index is 12.0. The fourth-order valence-corrected chi connectivity index (χ4v) is 2.02. The highest BCUT2D eigenvalue weighted by Crippen LogP contribution is 2.11. The Bertz CT molecular complexity index is 468. The summed E-state index contributed by atoms with van der Waals surface area (Å²) in [6.07, 6.45) is 0.214. The summed E-state index contributed by atoms with van der Waals surface area (Å²) in [5, 5.41) is 8.28. The van der Waals surface area contributed by atoms with Gasteiger partial charge in [-0.1, -0.05) is 29.8 Å². The van der Waals surface area contributed by atoms with Crippen molar-refractivity contribution in [3.05, 3.63) is 35.4 Å². The number of carbonyl (C=O) groups excluding carboxylic acids is 1. The lowest BCUT2D eigenvalue weighted by atomic mass is 10.1. The van der Waals surface area contributed by atoms with Gasteiger partial charge in [0.05, 0.1) is 17.9 Å². The van der Waals surface area contributed by atoms with Crippen LogP contribution in [0.2, 0.25) is 0 Å². The van der Waals surface area contributed by atoms with Crippen molar-refractivity contribution in [1.29, 1.82) is 5.26 Å². The van der Waals surface area contributed by atoms with Crippen LogP contribution in [-0.4, -0.2) is 36.4 Å². The number of alkyl halides is 1. The van der Waals surface area contributed by atoms with E-state index in [9.17, 15) is 4.79 Å². The largest absolute Gasteiger partial charge is 0.375 e. The van der Waals surface area contributed by atoms with Gasteiger partial charge >= 0.3 is 0 Å². The molecular weight excluding hydrogens is 276 g/mol. The van der Waals surface area contributed by atoms with Crippen LogP contribution in [0.5, 0.6) is 0 Å². The van der Waals surface area contributed by atoms with Crippen molar-refractivity contribution in [1.82, 2.24) is 4.90 Å². The molecule has 0 N–H and O–H groups in total. The summed E-state index contributed by atoms with van der Waals surface area (Å²) in [6.45, 7) is 2.84. The third-order valence-corrected chi connectivity index (χ3v) is 3.14. The summed E-state index contributed by atoms with van der Waals surface area (Å²) < 4.78 is 4.88. The second-order valence-corrected chi connectivity index (χ2v) is 5.27. The Kier molecular flexibility index (Phi) is 7.06. The first-order valence-corrected chi connectivity index (χ1v) is 6.83. The SMILES string of the molecule is COCC(=O)N(Cc1ccc(C)cc1)CC(Cl)CC#N. The lowest BCUT2D eigenvalue weighted by Gasteiger charge is -2.24. The highest BCUT2D eigenvalue weighted by molar-refractivity contribution is 6.21. The monoisotopic (exact) mass is 294 g/mol. The topological polar surface area (TPSA) is 53.3 Å². The van der Waals surface area contributed by atoms with Crippen LogP contribution in [0.3, 0.4) is 0 Å². The molecule has 1 aromatic carbocycles. The van der Waals surface area contributed by atoms with E-state index in [1.165, 1.54) is 12.7 Å². The average Bonchev–Trinajstić information content (AvgIpc) is 2.41. The number of hydrogen-bond donors (Lipinski definition) is 0. The van der Waals surface area contributed by atoms with E-state index < -0.39 is 0 Å². The molecule has 0 aliphatic carbocycles. The van der Waals surface area contributed by atoms with Gasteiger partial charge < -0.3 is 9.64 Å². The van der Waals surface area contributed by atoms with Crippen molar-refractivity contribution < 1.29 is 9.53 Å². The maximum atomic E-state index is 12.0. The lowest BCUT2D eigenvalue weighted by Crippen LogP contribution is -2.37. The molecule has 1 rings (SSSR count).